The maximum absolute atomic E-state index is 12.5. The third kappa shape index (κ3) is 3.94. The van der Waals surface area contributed by atoms with Crippen LogP contribution in [0.1, 0.15) is 49.8 Å². The molecule has 144 valence electrons. The zero-order valence-electron chi connectivity index (χ0n) is 17.2. The molecule has 1 aliphatic rings. The summed E-state index contributed by atoms with van der Waals surface area (Å²) in [5, 5.41) is 12.3. The molecule has 0 radical (unpaired) electrons. The van der Waals surface area contributed by atoms with E-state index in [0.717, 1.165) is 17.5 Å². The Morgan fingerprint density at radius 1 is 1.29 bits per heavy atom. The van der Waals surface area contributed by atoms with E-state index in [1.807, 2.05) is 43.3 Å². The van der Waals surface area contributed by atoms with Crippen molar-refractivity contribution in [2.24, 2.45) is 0 Å². The lowest BCUT2D eigenvalue weighted by Crippen LogP contribution is -2.45. The van der Waals surface area contributed by atoms with E-state index in [2.05, 4.69) is 50.2 Å². The highest BCUT2D eigenvalue weighted by molar-refractivity contribution is 6.09. The molecule has 1 heterocycles. The molecule has 0 fully saturated rings. The first-order valence-corrected chi connectivity index (χ1v) is 9.59. The number of nitrogens with one attached hydrogen (secondary N) is 1. The van der Waals surface area contributed by atoms with Gasteiger partial charge in [0, 0.05) is 24.0 Å². The van der Waals surface area contributed by atoms with E-state index in [1.54, 1.807) is 6.08 Å². The van der Waals surface area contributed by atoms with Gasteiger partial charge < -0.3 is 10.2 Å². The Bertz CT molecular complexity index is 982. The summed E-state index contributed by atoms with van der Waals surface area (Å²) >= 11 is 0. The molecule has 1 amide bonds. The summed E-state index contributed by atoms with van der Waals surface area (Å²) in [6, 6.07) is 15.7. The van der Waals surface area contributed by atoms with Crippen LogP contribution in [0.15, 0.2) is 48.0 Å². The van der Waals surface area contributed by atoms with Gasteiger partial charge in [0.25, 0.3) is 5.91 Å². The molecule has 2 aromatic carbocycles. The number of benzene rings is 2. The van der Waals surface area contributed by atoms with E-state index < -0.39 is 5.91 Å². The van der Waals surface area contributed by atoms with E-state index >= 15 is 0 Å². The maximum Gasteiger partial charge on any atom is 0.266 e. The molecular formula is C24H27N3O. The monoisotopic (exact) mass is 373 g/mol. The Morgan fingerprint density at radius 3 is 2.71 bits per heavy atom. The van der Waals surface area contributed by atoms with Crippen molar-refractivity contribution in [2.45, 2.75) is 45.6 Å². The van der Waals surface area contributed by atoms with E-state index in [4.69, 9.17) is 0 Å². The molecule has 0 spiro atoms. The molecule has 28 heavy (non-hydrogen) atoms. The van der Waals surface area contributed by atoms with Crippen LogP contribution in [-0.4, -0.2) is 18.5 Å². The lowest BCUT2D eigenvalue weighted by molar-refractivity contribution is -0.112. The molecule has 4 nitrogen and oxygen atoms in total. The van der Waals surface area contributed by atoms with Gasteiger partial charge in [0.2, 0.25) is 0 Å². The van der Waals surface area contributed by atoms with Crippen LogP contribution in [0.2, 0.25) is 0 Å². The van der Waals surface area contributed by atoms with E-state index in [0.29, 0.717) is 11.6 Å². The number of hydrogen-bond acceptors (Lipinski definition) is 3. The van der Waals surface area contributed by atoms with Crippen LogP contribution in [0.3, 0.4) is 0 Å². The van der Waals surface area contributed by atoms with Gasteiger partial charge in [0.15, 0.2) is 0 Å². The minimum Gasteiger partial charge on any atom is -0.369 e. The lowest BCUT2D eigenvalue weighted by Gasteiger charge is -2.45. The normalized spacial score (nSPS) is 18.2. The number of fused-ring (bicyclic) bond motifs is 1. The lowest BCUT2D eigenvalue weighted by atomic mass is 9.80. The molecule has 1 atom stereocenters. The summed E-state index contributed by atoms with van der Waals surface area (Å²) in [5.41, 5.74) is 5.28. The topological polar surface area (TPSA) is 56.1 Å². The SMILES string of the molecule is Cc1cccc(NC(=O)/C(C#N)=C\c2ccc3c(c2)[C@@H](C)CC(C)(C)N3C)c1. The average molecular weight is 374 g/mol. The van der Waals surface area contributed by atoms with Gasteiger partial charge in [0.05, 0.1) is 0 Å². The van der Waals surface area contributed by atoms with Crippen molar-refractivity contribution in [2.75, 3.05) is 17.3 Å². The summed E-state index contributed by atoms with van der Waals surface area (Å²) in [4.78, 5) is 14.9. The highest BCUT2D eigenvalue weighted by Crippen LogP contribution is 2.42. The van der Waals surface area contributed by atoms with Crippen LogP contribution >= 0.6 is 0 Å². The number of anilines is 2. The predicted molar refractivity (Wildman–Crippen MR) is 115 cm³/mol. The predicted octanol–water partition coefficient (Wildman–Crippen LogP) is 5.26. The first-order valence-electron chi connectivity index (χ1n) is 9.59. The van der Waals surface area contributed by atoms with Crippen LogP contribution in [-0.2, 0) is 4.79 Å². The first-order chi connectivity index (χ1) is 13.2. The standard InChI is InChI=1S/C24H27N3O/c1-16-7-6-8-20(11-16)26-23(28)19(15-25)12-18-9-10-22-21(13-18)17(2)14-24(3,4)27(22)5/h6-13,17H,14H2,1-5H3,(H,26,28)/b19-12-/t17-/m0/s1. The van der Waals surface area contributed by atoms with Crippen molar-refractivity contribution < 1.29 is 4.79 Å². The van der Waals surface area contributed by atoms with Crippen LogP contribution in [0.4, 0.5) is 11.4 Å². The smallest absolute Gasteiger partial charge is 0.266 e. The van der Waals surface area contributed by atoms with Crippen molar-refractivity contribution in [1.82, 2.24) is 0 Å². The van der Waals surface area contributed by atoms with Crippen LogP contribution in [0, 0.1) is 18.3 Å². The minimum absolute atomic E-state index is 0.0959. The second-order valence-electron chi connectivity index (χ2n) is 8.29. The molecule has 0 aliphatic carbocycles. The van der Waals surface area contributed by atoms with Gasteiger partial charge in [-0.05, 0) is 80.1 Å². The Hall–Kier alpha value is -3.06. The summed E-state index contributed by atoms with van der Waals surface area (Å²) in [6.45, 7) is 8.70. The number of rotatable bonds is 3. The molecule has 4 heteroatoms. The van der Waals surface area contributed by atoms with Gasteiger partial charge in [-0.15, -0.1) is 0 Å². The summed E-state index contributed by atoms with van der Waals surface area (Å²) in [7, 11) is 2.12. The fourth-order valence-corrected chi connectivity index (χ4v) is 3.92. The average Bonchev–Trinajstić information content (AvgIpc) is 2.64. The molecule has 0 bridgehead atoms. The van der Waals surface area contributed by atoms with Crippen molar-refractivity contribution in [3.8, 4) is 6.07 Å². The molecule has 0 unspecified atom stereocenters. The number of aryl methyl sites for hydroxylation is 1. The molecule has 1 aliphatic heterocycles. The highest BCUT2D eigenvalue weighted by Gasteiger charge is 2.33. The van der Waals surface area contributed by atoms with Gasteiger partial charge in [-0.25, -0.2) is 0 Å². The third-order valence-corrected chi connectivity index (χ3v) is 5.61. The fourth-order valence-electron chi connectivity index (χ4n) is 3.92. The number of nitrogens with zero attached hydrogens (tertiary/aromatic N) is 2. The summed E-state index contributed by atoms with van der Waals surface area (Å²) in [6.07, 6.45) is 2.72. The van der Waals surface area contributed by atoms with Crippen LogP contribution in [0.25, 0.3) is 6.08 Å². The van der Waals surface area contributed by atoms with Gasteiger partial charge in [-0.3, -0.25) is 4.79 Å². The molecule has 1 N–H and O–H groups in total. The summed E-state index contributed by atoms with van der Waals surface area (Å²) < 4.78 is 0. The Morgan fingerprint density at radius 2 is 2.04 bits per heavy atom. The van der Waals surface area contributed by atoms with Crippen LogP contribution in [0.5, 0.6) is 0 Å². The van der Waals surface area contributed by atoms with Crippen molar-refractivity contribution in [3.05, 3.63) is 64.7 Å². The molecular weight excluding hydrogens is 346 g/mol. The van der Waals surface area contributed by atoms with Gasteiger partial charge in [-0.1, -0.05) is 25.1 Å². The fraction of sp³-hybridized carbons (Fsp3) is 0.333. The Kier molecular flexibility index (Phi) is 5.29. The summed E-state index contributed by atoms with van der Waals surface area (Å²) in [5.74, 6) is 0.0262. The van der Waals surface area contributed by atoms with E-state index in [1.165, 1.54) is 11.3 Å². The Balaban J connectivity index is 1.88. The number of carbonyl (C=O) groups is 1. The quantitative estimate of drug-likeness (QED) is 0.589. The molecule has 2 aromatic rings. The van der Waals surface area contributed by atoms with Crippen LogP contribution < -0.4 is 10.2 Å². The molecule has 3 rings (SSSR count). The van der Waals surface area contributed by atoms with E-state index in [-0.39, 0.29) is 11.1 Å². The van der Waals surface area contributed by atoms with E-state index in [9.17, 15) is 10.1 Å². The van der Waals surface area contributed by atoms with Gasteiger partial charge in [-0.2, -0.15) is 5.26 Å². The van der Waals surface area contributed by atoms with Gasteiger partial charge in [0.1, 0.15) is 11.6 Å². The maximum atomic E-state index is 12.5. The van der Waals surface area contributed by atoms with Gasteiger partial charge >= 0.3 is 0 Å². The Labute approximate surface area is 167 Å². The number of nitriles is 1. The third-order valence-electron chi connectivity index (χ3n) is 5.61. The van der Waals surface area contributed by atoms with Crippen molar-refractivity contribution in [3.63, 3.8) is 0 Å². The number of amides is 1. The molecule has 0 saturated heterocycles. The number of carbonyl (C=O) groups excluding carboxylic acids is 1. The molecule has 0 saturated carbocycles. The minimum atomic E-state index is -0.392. The first kappa shape index (κ1) is 19.7. The second kappa shape index (κ2) is 7.52. The number of hydrogen-bond donors (Lipinski definition) is 1. The van der Waals surface area contributed by atoms with Crippen molar-refractivity contribution >= 4 is 23.4 Å². The van der Waals surface area contributed by atoms with Crippen molar-refractivity contribution in [1.29, 1.82) is 5.26 Å². The molecule has 0 aromatic heterocycles. The second-order valence-corrected chi connectivity index (χ2v) is 8.29. The largest absolute Gasteiger partial charge is 0.369 e. The zero-order chi connectivity index (χ0) is 20.5. The highest BCUT2D eigenvalue weighted by atomic mass is 16.1. The zero-order valence-corrected chi connectivity index (χ0v) is 17.2.